The maximum atomic E-state index is 12.8. The van der Waals surface area contributed by atoms with Gasteiger partial charge in [0.25, 0.3) is 0 Å². The first-order valence-corrected chi connectivity index (χ1v) is 10.1. The summed E-state index contributed by atoms with van der Waals surface area (Å²) in [5, 5.41) is 0.124. The average molecular weight is 412 g/mol. The zero-order valence-corrected chi connectivity index (χ0v) is 17.1. The lowest BCUT2D eigenvalue weighted by Gasteiger charge is -2.19. The fourth-order valence-corrected chi connectivity index (χ4v) is 4.23. The van der Waals surface area contributed by atoms with Gasteiger partial charge in [-0.25, -0.2) is 17.9 Å². The molecule has 0 aliphatic rings. The van der Waals surface area contributed by atoms with Crippen LogP contribution in [0.4, 0.5) is 0 Å². The third-order valence-corrected chi connectivity index (χ3v) is 5.98. The maximum Gasteiger partial charge on any atom is 0.339 e. The number of rotatable bonds is 7. The van der Waals surface area contributed by atoms with E-state index in [2.05, 4.69) is 9.46 Å². The Bertz CT molecular complexity index is 943. The molecule has 8 heteroatoms. The summed E-state index contributed by atoms with van der Waals surface area (Å²) in [6.45, 7) is 3.78. The van der Waals surface area contributed by atoms with E-state index in [0.717, 1.165) is 16.9 Å². The van der Waals surface area contributed by atoms with Crippen LogP contribution in [-0.4, -0.2) is 28.6 Å². The molecule has 0 radical (unpaired) electrons. The topological polar surface area (TPSA) is 81.7 Å². The van der Waals surface area contributed by atoms with Crippen molar-refractivity contribution in [1.82, 2.24) is 4.72 Å². The standard InChI is InChI=1S/C19H22ClNO5S/c1-5-17(13-6-9-18(25-3)12(2)10-13)21-27(23,24)14-7-8-16(20)15(11-14)19(22)26-4/h6-11,17,21H,5H2,1-4H3. The molecule has 0 aliphatic carbocycles. The minimum absolute atomic E-state index is 0.00428. The van der Waals surface area contributed by atoms with Gasteiger partial charge in [0.1, 0.15) is 5.75 Å². The second-order valence-electron chi connectivity index (χ2n) is 5.94. The van der Waals surface area contributed by atoms with Gasteiger partial charge in [0.15, 0.2) is 0 Å². The summed E-state index contributed by atoms with van der Waals surface area (Å²) in [6, 6.07) is 9.00. The molecule has 0 amide bonds. The molecular formula is C19H22ClNO5S. The molecule has 0 spiro atoms. The van der Waals surface area contributed by atoms with E-state index >= 15 is 0 Å². The predicted octanol–water partition coefficient (Wildman–Crippen LogP) is 3.87. The molecule has 146 valence electrons. The number of sulfonamides is 1. The minimum atomic E-state index is -3.88. The summed E-state index contributed by atoms with van der Waals surface area (Å²) in [5.41, 5.74) is 1.73. The Morgan fingerprint density at radius 1 is 1.19 bits per heavy atom. The third-order valence-electron chi connectivity index (χ3n) is 4.18. The lowest BCUT2D eigenvalue weighted by molar-refractivity contribution is 0.0600. The fourth-order valence-electron chi connectivity index (χ4n) is 2.70. The van der Waals surface area contributed by atoms with Crippen molar-refractivity contribution < 1.29 is 22.7 Å². The maximum absolute atomic E-state index is 12.8. The summed E-state index contributed by atoms with van der Waals surface area (Å²) < 4.78 is 38.2. The molecule has 2 aromatic carbocycles. The zero-order chi connectivity index (χ0) is 20.2. The molecule has 27 heavy (non-hydrogen) atoms. The van der Waals surface area contributed by atoms with Crippen molar-refractivity contribution in [3.05, 3.63) is 58.1 Å². The van der Waals surface area contributed by atoms with Gasteiger partial charge in [-0.1, -0.05) is 30.7 Å². The zero-order valence-electron chi connectivity index (χ0n) is 15.6. The predicted molar refractivity (Wildman–Crippen MR) is 104 cm³/mol. The number of halogens is 1. The van der Waals surface area contributed by atoms with Gasteiger partial charge in [0, 0.05) is 6.04 Å². The van der Waals surface area contributed by atoms with Crippen LogP contribution in [0.2, 0.25) is 5.02 Å². The third kappa shape index (κ3) is 4.80. The van der Waals surface area contributed by atoms with E-state index in [9.17, 15) is 13.2 Å². The van der Waals surface area contributed by atoms with Crippen LogP contribution >= 0.6 is 11.6 Å². The van der Waals surface area contributed by atoms with Crippen LogP contribution in [0, 0.1) is 6.92 Å². The van der Waals surface area contributed by atoms with E-state index in [1.54, 1.807) is 13.2 Å². The van der Waals surface area contributed by atoms with Crippen molar-refractivity contribution in [2.75, 3.05) is 14.2 Å². The van der Waals surface area contributed by atoms with Crippen LogP contribution in [0.3, 0.4) is 0 Å². The van der Waals surface area contributed by atoms with Gasteiger partial charge >= 0.3 is 5.97 Å². The number of aryl methyl sites for hydroxylation is 1. The molecule has 0 bridgehead atoms. The molecule has 6 nitrogen and oxygen atoms in total. The number of methoxy groups -OCH3 is 2. The van der Waals surface area contributed by atoms with Crippen molar-refractivity contribution in [3.63, 3.8) is 0 Å². The van der Waals surface area contributed by atoms with Crippen LogP contribution in [0.1, 0.15) is 40.9 Å². The van der Waals surface area contributed by atoms with Gasteiger partial charge in [0.05, 0.1) is 29.7 Å². The monoisotopic (exact) mass is 411 g/mol. The van der Waals surface area contributed by atoms with E-state index < -0.39 is 22.0 Å². The van der Waals surface area contributed by atoms with E-state index in [0.29, 0.717) is 6.42 Å². The summed E-state index contributed by atoms with van der Waals surface area (Å²) in [6.07, 6.45) is 0.544. The van der Waals surface area contributed by atoms with Crippen molar-refractivity contribution in [2.45, 2.75) is 31.2 Å². The van der Waals surface area contributed by atoms with Gasteiger partial charge in [0.2, 0.25) is 10.0 Å². The number of carbonyl (C=O) groups excluding carboxylic acids is 1. The van der Waals surface area contributed by atoms with Crippen molar-refractivity contribution >= 4 is 27.6 Å². The number of esters is 1. The largest absolute Gasteiger partial charge is 0.496 e. The molecule has 0 saturated heterocycles. The van der Waals surface area contributed by atoms with Crippen LogP contribution in [0.15, 0.2) is 41.3 Å². The van der Waals surface area contributed by atoms with Gasteiger partial charge in [-0.15, -0.1) is 0 Å². The summed E-state index contributed by atoms with van der Waals surface area (Å²) >= 11 is 5.97. The number of hydrogen-bond acceptors (Lipinski definition) is 5. The summed E-state index contributed by atoms with van der Waals surface area (Å²) in [4.78, 5) is 11.7. The van der Waals surface area contributed by atoms with Crippen LogP contribution in [-0.2, 0) is 14.8 Å². The second kappa shape index (κ2) is 8.73. The summed E-state index contributed by atoms with van der Waals surface area (Å²) in [5.74, 6) is 0.0340. The Balaban J connectivity index is 2.36. The summed E-state index contributed by atoms with van der Waals surface area (Å²) in [7, 11) is -1.09. The number of ether oxygens (including phenoxy) is 2. The quantitative estimate of drug-likeness (QED) is 0.699. The average Bonchev–Trinajstić information content (AvgIpc) is 2.65. The smallest absolute Gasteiger partial charge is 0.339 e. The van der Waals surface area contributed by atoms with Crippen molar-refractivity contribution in [2.24, 2.45) is 0 Å². The molecule has 0 aromatic heterocycles. The van der Waals surface area contributed by atoms with E-state index in [1.165, 1.54) is 25.3 Å². The lowest BCUT2D eigenvalue weighted by atomic mass is 10.0. The lowest BCUT2D eigenvalue weighted by Crippen LogP contribution is -2.28. The first-order valence-electron chi connectivity index (χ1n) is 8.28. The van der Waals surface area contributed by atoms with E-state index in [4.69, 9.17) is 16.3 Å². The number of hydrogen-bond donors (Lipinski definition) is 1. The van der Waals surface area contributed by atoms with Crippen LogP contribution in [0.25, 0.3) is 0 Å². The Kier molecular flexibility index (Phi) is 6.86. The molecule has 0 fully saturated rings. The highest BCUT2D eigenvalue weighted by Gasteiger charge is 2.23. The Morgan fingerprint density at radius 3 is 2.44 bits per heavy atom. The van der Waals surface area contributed by atoms with Crippen molar-refractivity contribution in [3.8, 4) is 5.75 Å². The second-order valence-corrected chi connectivity index (χ2v) is 8.07. The normalized spacial score (nSPS) is 12.5. The first kappa shape index (κ1) is 21.2. The van der Waals surface area contributed by atoms with Gasteiger partial charge in [-0.05, 0) is 48.7 Å². The molecule has 0 heterocycles. The Morgan fingerprint density at radius 2 is 1.89 bits per heavy atom. The molecule has 1 atom stereocenters. The van der Waals surface area contributed by atoms with Gasteiger partial charge in [-0.3, -0.25) is 0 Å². The van der Waals surface area contributed by atoms with Crippen molar-refractivity contribution in [1.29, 1.82) is 0 Å². The molecule has 2 rings (SSSR count). The number of nitrogens with one attached hydrogen (secondary N) is 1. The highest BCUT2D eigenvalue weighted by Crippen LogP contribution is 2.27. The SMILES string of the molecule is CCC(NS(=O)(=O)c1ccc(Cl)c(C(=O)OC)c1)c1ccc(OC)c(C)c1. The molecule has 1 N–H and O–H groups in total. The molecule has 2 aromatic rings. The minimum Gasteiger partial charge on any atom is -0.496 e. The van der Waals surface area contributed by atoms with E-state index in [-0.39, 0.29) is 15.5 Å². The molecule has 0 aliphatic heterocycles. The van der Waals surface area contributed by atoms with Crippen LogP contribution < -0.4 is 9.46 Å². The molecule has 0 saturated carbocycles. The Labute approximate surface area is 164 Å². The molecular weight excluding hydrogens is 390 g/mol. The highest BCUT2D eigenvalue weighted by molar-refractivity contribution is 7.89. The fraction of sp³-hybridized carbons (Fsp3) is 0.316. The number of carbonyl (C=O) groups is 1. The highest BCUT2D eigenvalue weighted by atomic mass is 35.5. The first-order chi connectivity index (χ1) is 12.7. The van der Waals surface area contributed by atoms with Gasteiger partial charge < -0.3 is 9.47 Å². The Hall–Kier alpha value is -2.09. The van der Waals surface area contributed by atoms with E-state index in [1.807, 2.05) is 26.0 Å². The number of benzene rings is 2. The van der Waals surface area contributed by atoms with Gasteiger partial charge in [-0.2, -0.15) is 0 Å². The molecule has 1 unspecified atom stereocenters. The van der Waals surface area contributed by atoms with Crippen LogP contribution in [0.5, 0.6) is 5.75 Å².